The molecule has 1 heterocycles. The molecule has 8 nitrogen and oxygen atoms in total. The number of nitrogens with zero attached hydrogens (tertiary/aromatic N) is 1. The predicted molar refractivity (Wildman–Crippen MR) is 120 cm³/mol. The third-order valence-electron chi connectivity index (χ3n) is 5.08. The lowest BCUT2D eigenvalue weighted by atomic mass is 10.2. The van der Waals surface area contributed by atoms with E-state index in [9.17, 15) is 18.0 Å². The van der Waals surface area contributed by atoms with Crippen LogP contribution >= 0.6 is 0 Å². The number of esters is 1. The smallest absolute Gasteiger partial charge is 0.340 e. The Labute approximate surface area is 187 Å². The second-order valence-electron chi connectivity index (χ2n) is 7.45. The summed E-state index contributed by atoms with van der Waals surface area (Å²) in [5, 5.41) is 7.69. The van der Waals surface area contributed by atoms with Crippen LogP contribution in [0.15, 0.2) is 59.5 Å². The van der Waals surface area contributed by atoms with Crippen LogP contribution in [0.5, 0.6) is 0 Å². The van der Waals surface area contributed by atoms with Crippen molar-refractivity contribution in [2.75, 3.05) is 6.61 Å². The Bertz CT molecular complexity index is 1260. The minimum absolute atomic E-state index is 0.00944. The van der Waals surface area contributed by atoms with E-state index in [0.717, 1.165) is 22.6 Å². The highest BCUT2D eigenvalue weighted by molar-refractivity contribution is 7.89. The van der Waals surface area contributed by atoms with E-state index >= 15 is 0 Å². The van der Waals surface area contributed by atoms with Crippen molar-refractivity contribution in [3.63, 3.8) is 0 Å². The zero-order valence-corrected chi connectivity index (χ0v) is 18.9. The second-order valence-corrected chi connectivity index (χ2v) is 9.01. The fraction of sp³-hybridized carbons (Fsp3) is 0.217. The number of carbonyl (C=O) groups excluding carboxylic acids is 2. The first kappa shape index (κ1) is 23.2. The van der Waals surface area contributed by atoms with Gasteiger partial charge in [-0.2, -0.15) is 0 Å². The number of aromatic nitrogens is 1. The highest BCUT2D eigenvalue weighted by Gasteiger charge is 2.19. The summed E-state index contributed by atoms with van der Waals surface area (Å²) < 4.78 is 29.7. The first-order valence-electron chi connectivity index (χ1n) is 9.88. The number of sulfonamides is 1. The first-order valence-corrected chi connectivity index (χ1v) is 11.4. The molecule has 32 heavy (non-hydrogen) atoms. The van der Waals surface area contributed by atoms with E-state index in [2.05, 4.69) is 5.32 Å². The van der Waals surface area contributed by atoms with Gasteiger partial charge in [-0.15, -0.1) is 0 Å². The quantitative estimate of drug-likeness (QED) is 0.531. The summed E-state index contributed by atoms with van der Waals surface area (Å²) in [5.41, 5.74) is 4.75. The molecular formula is C23H25N3O5S. The van der Waals surface area contributed by atoms with Gasteiger partial charge in [0, 0.05) is 23.6 Å². The standard InChI is InChI=1S/C23H25N3O5S/c1-15-6-4-5-7-21(15)26-16(2)12-20(17(26)3)23(28)31-14-22(27)25-13-18-8-10-19(11-9-18)32(24,29)30/h4-12H,13-14H2,1-3H3,(H,25,27)(H2,24,29,30). The zero-order valence-electron chi connectivity index (χ0n) is 18.1. The van der Waals surface area contributed by atoms with Crippen molar-refractivity contribution in [2.45, 2.75) is 32.2 Å². The lowest BCUT2D eigenvalue weighted by Crippen LogP contribution is -2.28. The SMILES string of the molecule is Cc1ccccc1-n1c(C)cc(C(=O)OCC(=O)NCc2ccc(S(N)(=O)=O)cc2)c1C. The topological polar surface area (TPSA) is 120 Å². The number of carbonyl (C=O) groups is 2. The van der Waals surface area contributed by atoms with Crippen LogP contribution in [0.4, 0.5) is 0 Å². The van der Waals surface area contributed by atoms with Crippen molar-refractivity contribution < 1.29 is 22.7 Å². The molecule has 0 spiro atoms. The van der Waals surface area contributed by atoms with Gasteiger partial charge < -0.3 is 14.6 Å². The Hall–Kier alpha value is -3.43. The maximum atomic E-state index is 12.6. The largest absolute Gasteiger partial charge is 0.452 e. The Morgan fingerprint density at radius 2 is 1.69 bits per heavy atom. The number of para-hydroxylation sites is 1. The fourth-order valence-electron chi connectivity index (χ4n) is 3.41. The van der Waals surface area contributed by atoms with Gasteiger partial charge in [0.1, 0.15) is 0 Å². The molecule has 0 aliphatic rings. The monoisotopic (exact) mass is 455 g/mol. The summed E-state index contributed by atoms with van der Waals surface area (Å²) in [6.45, 7) is 5.47. The summed E-state index contributed by atoms with van der Waals surface area (Å²) in [6, 6.07) is 15.4. The fourth-order valence-corrected chi connectivity index (χ4v) is 3.93. The second kappa shape index (κ2) is 9.37. The normalized spacial score (nSPS) is 11.2. The third-order valence-corrected chi connectivity index (χ3v) is 6.01. The first-order chi connectivity index (χ1) is 15.1. The van der Waals surface area contributed by atoms with Gasteiger partial charge in [-0.1, -0.05) is 30.3 Å². The lowest BCUT2D eigenvalue weighted by Gasteiger charge is -2.12. The van der Waals surface area contributed by atoms with E-state index in [1.54, 1.807) is 18.2 Å². The zero-order chi connectivity index (χ0) is 23.5. The van der Waals surface area contributed by atoms with Crippen molar-refractivity contribution >= 4 is 21.9 Å². The van der Waals surface area contributed by atoms with Gasteiger partial charge in [-0.05, 0) is 56.2 Å². The van der Waals surface area contributed by atoms with Crippen LogP contribution in [0.25, 0.3) is 5.69 Å². The molecule has 1 amide bonds. The maximum Gasteiger partial charge on any atom is 0.340 e. The molecule has 0 aliphatic heterocycles. The van der Waals surface area contributed by atoms with Gasteiger partial charge in [-0.25, -0.2) is 18.4 Å². The molecule has 0 bridgehead atoms. The number of ether oxygens (including phenoxy) is 1. The van der Waals surface area contributed by atoms with Crippen molar-refractivity contribution in [1.29, 1.82) is 0 Å². The molecule has 3 N–H and O–H groups in total. The average Bonchev–Trinajstić information content (AvgIpc) is 3.04. The molecule has 0 radical (unpaired) electrons. The van der Waals surface area contributed by atoms with Crippen LogP contribution < -0.4 is 10.5 Å². The summed E-state index contributed by atoms with van der Waals surface area (Å²) in [4.78, 5) is 24.7. The van der Waals surface area contributed by atoms with Gasteiger partial charge in [0.05, 0.1) is 10.5 Å². The molecule has 0 atom stereocenters. The molecule has 3 rings (SSSR count). The minimum Gasteiger partial charge on any atom is -0.452 e. The molecule has 168 valence electrons. The number of primary sulfonamides is 1. The van der Waals surface area contributed by atoms with Gasteiger partial charge in [0.25, 0.3) is 5.91 Å². The highest BCUT2D eigenvalue weighted by atomic mass is 32.2. The van der Waals surface area contributed by atoms with E-state index in [1.165, 1.54) is 12.1 Å². The highest BCUT2D eigenvalue weighted by Crippen LogP contribution is 2.23. The predicted octanol–water partition coefficient (Wildman–Crippen LogP) is 2.52. The number of nitrogens with two attached hydrogens (primary N) is 1. The van der Waals surface area contributed by atoms with Gasteiger partial charge >= 0.3 is 5.97 Å². The van der Waals surface area contributed by atoms with E-state index in [-0.39, 0.29) is 11.4 Å². The molecule has 0 saturated carbocycles. The molecule has 1 aromatic heterocycles. The van der Waals surface area contributed by atoms with Crippen molar-refractivity contribution in [3.8, 4) is 5.69 Å². The molecule has 0 saturated heterocycles. The average molecular weight is 456 g/mol. The maximum absolute atomic E-state index is 12.6. The Morgan fingerprint density at radius 1 is 1.03 bits per heavy atom. The third kappa shape index (κ3) is 5.24. The molecule has 2 aromatic carbocycles. The number of amides is 1. The number of nitrogens with one attached hydrogen (secondary N) is 1. The Morgan fingerprint density at radius 3 is 2.31 bits per heavy atom. The van der Waals surface area contributed by atoms with Crippen LogP contribution in [-0.2, 0) is 26.1 Å². The van der Waals surface area contributed by atoms with E-state index in [4.69, 9.17) is 9.88 Å². The van der Waals surface area contributed by atoms with Crippen molar-refractivity contribution in [3.05, 3.63) is 82.7 Å². The number of rotatable bonds is 7. The van der Waals surface area contributed by atoms with Gasteiger partial charge in [0.15, 0.2) is 6.61 Å². The van der Waals surface area contributed by atoms with E-state index in [1.807, 2.05) is 49.6 Å². The van der Waals surface area contributed by atoms with Crippen LogP contribution in [0.1, 0.15) is 32.9 Å². The number of benzene rings is 2. The summed E-state index contributed by atoms with van der Waals surface area (Å²) >= 11 is 0. The Balaban J connectivity index is 1.59. The molecule has 3 aromatic rings. The van der Waals surface area contributed by atoms with Gasteiger partial charge in [-0.3, -0.25) is 4.79 Å². The summed E-state index contributed by atoms with van der Waals surface area (Å²) in [6.07, 6.45) is 0. The molecule has 0 fully saturated rings. The van der Waals surface area contributed by atoms with Crippen molar-refractivity contribution in [1.82, 2.24) is 9.88 Å². The molecule has 0 unspecified atom stereocenters. The van der Waals surface area contributed by atoms with Crippen LogP contribution in [0, 0.1) is 20.8 Å². The Kier molecular flexibility index (Phi) is 6.81. The molecule has 9 heteroatoms. The van der Waals surface area contributed by atoms with E-state index in [0.29, 0.717) is 11.1 Å². The minimum atomic E-state index is -3.77. The van der Waals surface area contributed by atoms with Gasteiger partial charge in [0.2, 0.25) is 10.0 Å². The van der Waals surface area contributed by atoms with Crippen LogP contribution in [-0.4, -0.2) is 31.5 Å². The van der Waals surface area contributed by atoms with E-state index < -0.39 is 28.5 Å². The summed E-state index contributed by atoms with van der Waals surface area (Å²) in [7, 11) is -3.77. The molecular weight excluding hydrogens is 430 g/mol. The molecule has 0 aliphatic carbocycles. The van der Waals surface area contributed by atoms with Crippen LogP contribution in [0.2, 0.25) is 0 Å². The summed E-state index contributed by atoms with van der Waals surface area (Å²) in [5.74, 6) is -1.05. The van der Waals surface area contributed by atoms with Crippen molar-refractivity contribution in [2.24, 2.45) is 5.14 Å². The number of hydrogen-bond donors (Lipinski definition) is 2. The van der Waals surface area contributed by atoms with Crippen LogP contribution in [0.3, 0.4) is 0 Å². The number of hydrogen-bond acceptors (Lipinski definition) is 5. The number of aryl methyl sites for hydroxylation is 2. The lowest BCUT2D eigenvalue weighted by molar-refractivity contribution is -0.124.